The smallest absolute Gasteiger partial charge is 0.271 e. The lowest BCUT2D eigenvalue weighted by Gasteiger charge is -2.10. The molecule has 0 spiro atoms. The van der Waals surface area contributed by atoms with E-state index in [9.17, 15) is 13.2 Å². The SMILES string of the molecule is N#Cc1cc(Br)cc(S(=O)(=O)NC(=O)COc2cccc(Oc3ccccn3)c2)c1. The van der Waals surface area contributed by atoms with Gasteiger partial charge in [-0.05, 0) is 36.4 Å². The zero-order chi connectivity index (χ0) is 21.6. The van der Waals surface area contributed by atoms with E-state index in [4.69, 9.17) is 14.7 Å². The van der Waals surface area contributed by atoms with Crippen molar-refractivity contribution in [2.75, 3.05) is 6.61 Å². The molecule has 0 fully saturated rings. The van der Waals surface area contributed by atoms with Crippen LogP contribution in [0, 0.1) is 11.3 Å². The van der Waals surface area contributed by atoms with Gasteiger partial charge in [0.2, 0.25) is 5.88 Å². The van der Waals surface area contributed by atoms with Crippen molar-refractivity contribution in [1.29, 1.82) is 5.26 Å². The average Bonchev–Trinajstić information content (AvgIpc) is 2.72. The van der Waals surface area contributed by atoms with Crippen LogP contribution in [0.4, 0.5) is 0 Å². The molecule has 0 saturated heterocycles. The van der Waals surface area contributed by atoms with Gasteiger partial charge in [-0.15, -0.1) is 0 Å². The number of rotatable bonds is 7. The number of aromatic nitrogens is 1. The number of pyridine rings is 1. The summed E-state index contributed by atoms with van der Waals surface area (Å²) in [6, 6.07) is 17.5. The first-order valence-electron chi connectivity index (χ1n) is 8.44. The van der Waals surface area contributed by atoms with E-state index in [2.05, 4.69) is 20.9 Å². The second-order valence-corrected chi connectivity index (χ2v) is 8.45. The number of nitriles is 1. The van der Waals surface area contributed by atoms with Gasteiger partial charge in [0.05, 0.1) is 16.5 Å². The van der Waals surface area contributed by atoms with Crippen LogP contribution in [0.3, 0.4) is 0 Å². The monoisotopic (exact) mass is 487 g/mol. The Kier molecular flexibility index (Phi) is 6.66. The Morgan fingerprint density at radius 2 is 1.90 bits per heavy atom. The van der Waals surface area contributed by atoms with E-state index in [1.807, 2.05) is 10.8 Å². The zero-order valence-corrected chi connectivity index (χ0v) is 17.7. The molecule has 1 heterocycles. The molecular formula is C20H14BrN3O5S. The highest BCUT2D eigenvalue weighted by molar-refractivity contribution is 9.10. The highest BCUT2D eigenvalue weighted by atomic mass is 79.9. The highest BCUT2D eigenvalue weighted by Crippen LogP contribution is 2.24. The molecular weight excluding hydrogens is 474 g/mol. The maximum atomic E-state index is 12.4. The first kappa shape index (κ1) is 21.3. The topological polar surface area (TPSA) is 118 Å². The number of nitrogens with zero attached hydrogens (tertiary/aromatic N) is 2. The predicted octanol–water partition coefficient (Wildman–Crippen LogP) is 3.39. The van der Waals surface area contributed by atoms with Crippen molar-refractivity contribution in [3.05, 3.63) is 76.9 Å². The third kappa shape index (κ3) is 5.79. The van der Waals surface area contributed by atoms with Gasteiger partial charge >= 0.3 is 0 Å². The summed E-state index contributed by atoms with van der Waals surface area (Å²) in [6.45, 7) is -0.536. The standard InChI is InChI=1S/C20H14BrN3O5S/c21-15-8-14(12-22)9-18(10-15)30(26,27)24-19(25)13-28-16-4-3-5-17(11-16)29-20-6-1-2-7-23-20/h1-11H,13H2,(H,24,25). The van der Waals surface area contributed by atoms with Crippen molar-refractivity contribution in [2.24, 2.45) is 0 Å². The van der Waals surface area contributed by atoms with Crippen LogP contribution in [0.1, 0.15) is 5.56 Å². The molecule has 0 aliphatic rings. The fraction of sp³-hybridized carbons (Fsp3) is 0.0500. The second kappa shape index (κ2) is 9.39. The summed E-state index contributed by atoms with van der Waals surface area (Å²) < 4.78 is 38.0. The minimum absolute atomic E-state index is 0.137. The van der Waals surface area contributed by atoms with Crippen LogP contribution in [0.15, 0.2) is 76.2 Å². The van der Waals surface area contributed by atoms with E-state index in [0.29, 0.717) is 21.9 Å². The predicted molar refractivity (Wildman–Crippen MR) is 110 cm³/mol. The number of carbonyl (C=O) groups is 1. The van der Waals surface area contributed by atoms with Crippen LogP contribution >= 0.6 is 15.9 Å². The van der Waals surface area contributed by atoms with Crippen LogP contribution in [-0.2, 0) is 14.8 Å². The summed E-state index contributed by atoms with van der Waals surface area (Å²) in [5.41, 5.74) is 0.137. The minimum atomic E-state index is -4.16. The van der Waals surface area contributed by atoms with Gasteiger partial charge in [-0.25, -0.2) is 18.1 Å². The molecule has 8 nitrogen and oxygen atoms in total. The molecule has 0 saturated carbocycles. The molecule has 1 aromatic heterocycles. The number of sulfonamides is 1. The minimum Gasteiger partial charge on any atom is -0.484 e. The van der Waals surface area contributed by atoms with Gasteiger partial charge < -0.3 is 9.47 Å². The van der Waals surface area contributed by atoms with Gasteiger partial charge in [-0.1, -0.05) is 28.1 Å². The van der Waals surface area contributed by atoms with Crippen molar-refractivity contribution < 1.29 is 22.7 Å². The summed E-state index contributed by atoms with van der Waals surface area (Å²) in [7, 11) is -4.16. The first-order valence-corrected chi connectivity index (χ1v) is 10.7. The van der Waals surface area contributed by atoms with Crippen molar-refractivity contribution in [2.45, 2.75) is 4.90 Å². The maximum absolute atomic E-state index is 12.4. The van der Waals surface area contributed by atoms with E-state index >= 15 is 0 Å². The lowest BCUT2D eigenvalue weighted by atomic mass is 10.2. The van der Waals surface area contributed by atoms with Crippen molar-refractivity contribution in [3.63, 3.8) is 0 Å². The Bertz CT molecular complexity index is 1210. The Morgan fingerprint density at radius 1 is 1.10 bits per heavy atom. The summed E-state index contributed by atoms with van der Waals surface area (Å²) in [6.07, 6.45) is 1.59. The number of hydrogen-bond donors (Lipinski definition) is 1. The quantitative estimate of drug-likeness (QED) is 0.542. The van der Waals surface area contributed by atoms with E-state index < -0.39 is 22.5 Å². The first-order chi connectivity index (χ1) is 14.4. The molecule has 1 N–H and O–H groups in total. The number of carbonyl (C=O) groups excluding carboxylic acids is 1. The van der Waals surface area contributed by atoms with Crippen molar-refractivity contribution in [1.82, 2.24) is 9.71 Å². The van der Waals surface area contributed by atoms with Crippen LogP contribution in [0.5, 0.6) is 17.4 Å². The lowest BCUT2D eigenvalue weighted by Crippen LogP contribution is -2.34. The number of ether oxygens (including phenoxy) is 2. The van der Waals surface area contributed by atoms with Gasteiger partial charge in [0.1, 0.15) is 11.5 Å². The molecule has 152 valence electrons. The Balaban J connectivity index is 1.63. The summed E-state index contributed by atoms with van der Waals surface area (Å²) in [5, 5.41) is 8.97. The molecule has 0 unspecified atom stereocenters. The summed E-state index contributed by atoms with van der Waals surface area (Å²) in [5.74, 6) is 0.274. The Hall–Kier alpha value is -3.42. The number of hydrogen-bond acceptors (Lipinski definition) is 7. The van der Waals surface area contributed by atoms with Crippen LogP contribution < -0.4 is 14.2 Å². The Labute approximate surface area is 181 Å². The molecule has 0 bridgehead atoms. The molecule has 0 aliphatic heterocycles. The maximum Gasteiger partial charge on any atom is 0.271 e. The fourth-order valence-electron chi connectivity index (χ4n) is 2.33. The molecule has 1 amide bonds. The highest BCUT2D eigenvalue weighted by Gasteiger charge is 2.19. The van der Waals surface area contributed by atoms with E-state index in [-0.39, 0.29) is 10.5 Å². The largest absolute Gasteiger partial charge is 0.484 e. The van der Waals surface area contributed by atoms with Gasteiger partial charge in [0, 0.05) is 22.8 Å². The molecule has 0 atom stereocenters. The van der Waals surface area contributed by atoms with Crippen molar-refractivity contribution in [3.8, 4) is 23.4 Å². The van der Waals surface area contributed by atoms with E-state index in [0.717, 1.165) is 0 Å². The number of halogens is 1. The summed E-state index contributed by atoms with van der Waals surface area (Å²) >= 11 is 3.13. The normalized spacial score (nSPS) is 10.7. The second-order valence-electron chi connectivity index (χ2n) is 5.85. The molecule has 30 heavy (non-hydrogen) atoms. The summed E-state index contributed by atoms with van der Waals surface area (Å²) in [4.78, 5) is 15.9. The zero-order valence-electron chi connectivity index (χ0n) is 15.3. The molecule has 3 aromatic rings. The number of benzene rings is 2. The van der Waals surface area contributed by atoms with Crippen molar-refractivity contribution >= 4 is 31.9 Å². The van der Waals surface area contributed by atoms with Gasteiger partial charge in [0.25, 0.3) is 15.9 Å². The molecule has 0 radical (unpaired) electrons. The van der Waals surface area contributed by atoms with Crippen LogP contribution in [-0.4, -0.2) is 25.9 Å². The third-order valence-corrected chi connectivity index (χ3v) is 5.41. The fourth-order valence-corrected chi connectivity index (χ4v) is 4.01. The lowest BCUT2D eigenvalue weighted by molar-refractivity contribution is -0.121. The molecule has 10 heteroatoms. The molecule has 3 rings (SSSR count). The molecule has 2 aromatic carbocycles. The van der Waals surface area contributed by atoms with E-state index in [1.54, 1.807) is 48.7 Å². The van der Waals surface area contributed by atoms with Gasteiger partial charge in [-0.3, -0.25) is 4.79 Å². The molecule has 0 aliphatic carbocycles. The average molecular weight is 488 g/mol. The third-order valence-electron chi connectivity index (χ3n) is 3.59. The van der Waals surface area contributed by atoms with Gasteiger partial charge in [-0.2, -0.15) is 5.26 Å². The Morgan fingerprint density at radius 3 is 2.63 bits per heavy atom. The van der Waals surface area contributed by atoms with Crippen LogP contribution in [0.25, 0.3) is 0 Å². The number of nitrogens with one attached hydrogen (secondary N) is 1. The van der Waals surface area contributed by atoms with Crippen LogP contribution in [0.2, 0.25) is 0 Å². The number of amides is 1. The van der Waals surface area contributed by atoms with Gasteiger partial charge in [0.15, 0.2) is 6.61 Å². The van der Waals surface area contributed by atoms with E-state index in [1.165, 1.54) is 18.2 Å².